The number of amides is 3. The first-order valence-corrected chi connectivity index (χ1v) is 15.4. The smallest absolute Gasteiger partial charge is 0.353 e. The largest absolute Gasteiger partial charge is 0.477 e. The van der Waals surface area contributed by atoms with Crippen LogP contribution in [-0.2, 0) is 24.9 Å². The number of nitrogens with two attached hydrogens (primary N) is 2. The number of pyridine rings is 1. The van der Waals surface area contributed by atoms with Gasteiger partial charge in [-0.1, -0.05) is 39.9 Å². The van der Waals surface area contributed by atoms with Crippen molar-refractivity contribution in [1.82, 2.24) is 25.5 Å². The van der Waals surface area contributed by atoms with E-state index in [4.69, 9.17) is 23.1 Å². The van der Waals surface area contributed by atoms with E-state index < -0.39 is 41.1 Å². The van der Waals surface area contributed by atoms with Crippen LogP contribution in [0.2, 0.25) is 4.34 Å². The Balaban J connectivity index is 1.48. The summed E-state index contributed by atoms with van der Waals surface area (Å²) in [6.07, 6.45) is 3.27. The fourth-order valence-electron chi connectivity index (χ4n) is 3.73. The fourth-order valence-corrected chi connectivity index (χ4v) is 8.23. The van der Waals surface area contributed by atoms with Gasteiger partial charge in [0.2, 0.25) is 6.41 Å². The lowest BCUT2D eigenvalue weighted by Gasteiger charge is -2.49. The van der Waals surface area contributed by atoms with Crippen molar-refractivity contribution in [3.8, 4) is 0 Å². The van der Waals surface area contributed by atoms with E-state index in [0.717, 1.165) is 26.7 Å². The highest BCUT2D eigenvalue weighted by molar-refractivity contribution is 8.06. The van der Waals surface area contributed by atoms with Crippen molar-refractivity contribution in [1.29, 1.82) is 0 Å². The summed E-state index contributed by atoms with van der Waals surface area (Å²) in [5.74, 6) is -1.62. The minimum atomic E-state index is -1.29. The number of nitrogen functional groups attached to an aromatic ring is 1. The number of carbonyl (C=O) groups excluding carboxylic acids is 3. The number of aromatic nitrogens is 2. The fraction of sp³-hybridized carbons (Fsp3) is 0.286. The van der Waals surface area contributed by atoms with E-state index in [0.29, 0.717) is 22.8 Å². The minimum absolute atomic E-state index is 0.0289. The van der Waals surface area contributed by atoms with Crippen LogP contribution in [0.25, 0.3) is 0 Å². The first-order chi connectivity index (χ1) is 19.2. The molecule has 4 rings (SSSR count). The van der Waals surface area contributed by atoms with Crippen LogP contribution in [0.5, 0.6) is 0 Å². The molecule has 2 aromatic heterocycles. The lowest BCUT2D eigenvalue weighted by molar-refractivity contribution is -0.150. The summed E-state index contributed by atoms with van der Waals surface area (Å²) < 4.78 is 0.0289. The average molecular weight is 645 g/mol. The standard InChI is InChI=1S/C21H21ClN8O6S4/c22-16-12(28-21(24)40-16)13(29-36)17(32)27-14-18(33)30-15(20(34)35)10(5-38-19(14)30)39-9-1-2-25-3-8(9)4-37-6-11(23)26-7-31/h1-3,7,11,14,19,36H,4-6,23H2,(H2,24,28)(H,26,31)(H,27,32)(H,34,35)/b29-13-/t11?,14-,19+/m1/s1. The average Bonchev–Trinajstić information content (AvgIpc) is 3.25. The normalized spacial score (nSPS) is 19.5. The monoisotopic (exact) mass is 644 g/mol. The molecule has 0 aromatic carbocycles. The summed E-state index contributed by atoms with van der Waals surface area (Å²) in [4.78, 5) is 59.0. The number of nitrogens with zero attached hydrogens (tertiary/aromatic N) is 4. The lowest BCUT2D eigenvalue weighted by Crippen LogP contribution is -2.71. The third-order valence-electron chi connectivity index (χ3n) is 5.49. The van der Waals surface area contributed by atoms with E-state index >= 15 is 0 Å². The zero-order valence-electron chi connectivity index (χ0n) is 20.1. The van der Waals surface area contributed by atoms with Gasteiger partial charge < -0.3 is 32.4 Å². The maximum Gasteiger partial charge on any atom is 0.353 e. The zero-order valence-corrected chi connectivity index (χ0v) is 24.2. The van der Waals surface area contributed by atoms with E-state index in [1.165, 1.54) is 35.3 Å². The molecule has 0 aliphatic carbocycles. The number of rotatable bonds is 12. The van der Waals surface area contributed by atoms with Gasteiger partial charge in [0.15, 0.2) is 10.8 Å². The molecule has 2 aromatic rings. The molecule has 0 bridgehead atoms. The van der Waals surface area contributed by atoms with Crippen LogP contribution in [0, 0.1) is 0 Å². The molecule has 3 amide bonds. The highest BCUT2D eigenvalue weighted by atomic mass is 35.5. The zero-order chi connectivity index (χ0) is 29.0. The summed E-state index contributed by atoms with van der Waals surface area (Å²) >= 11 is 10.9. The number of hydrogen-bond donors (Lipinski definition) is 6. The number of carboxylic acids is 1. The summed E-state index contributed by atoms with van der Waals surface area (Å²) in [6.45, 7) is 0. The van der Waals surface area contributed by atoms with E-state index in [1.807, 2.05) is 0 Å². The van der Waals surface area contributed by atoms with E-state index in [1.54, 1.807) is 18.5 Å². The van der Waals surface area contributed by atoms with Crippen molar-refractivity contribution in [3.05, 3.63) is 44.7 Å². The van der Waals surface area contributed by atoms with Gasteiger partial charge in [-0.25, -0.2) is 9.78 Å². The number of fused-ring (bicyclic) bond motifs is 1. The molecule has 212 valence electrons. The topological polar surface area (TPSA) is 226 Å². The molecule has 2 aliphatic heterocycles. The minimum Gasteiger partial charge on any atom is -0.477 e. The van der Waals surface area contributed by atoms with Crippen LogP contribution in [0.3, 0.4) is 0 Å². The molecule has 1 saturated heterocycles. The number of aliphatic carboxylic acids is 1. The maximum absolute atomic E-state index is 13.1. The molecule has 19 heteroatoms. The second-order valence-electron chi connectivity index (χ2n) is 8.05. The van der Waals surface area contributed by atoms with Gasteiger partial charge in [0.1, 0.15) is 27.1 Å². The van der Waals surface area contributed by atoms with E-state index in [9.17, 15) is 29.5 Å². The Morgan fingerprint density at radius 2 is 2.20 bits per heavy atom. The molecule has 4 heterocycles. The third-order valence-corrected chi connectivity index (χ3v) is 10.4. The number of anilines is 1. The predicted molar refractivity (Wildman–Crippen MR) is 153 cm³/mol. The highest BCUT2D eigenvalue weighted by Crippen LogP contribution is 2.46. The second-order valence-corrected chi connectivity index (χ2v) is 13.0. The number of nitrogens with one attached hydrogen (secondary N) is 2. The Hall–Kier alpha value is -3.03. The third kappa shape index (κ3) is 6.31. The van der Waals surface area contributed by atoms with Gasteiger partial charge in [-0.05, 0) is 11.6 Å². The Labute approximate surface area is 248 Å². The van der Waals surface area contributed by atoms with E-state index in [-0.39, 0.29) is 26.6 Å². The maximum atomic E-state index is 13.1. The number of carbonyl (C=O) groups is 4. The molecular weight excluding hydrogens is 624 g/mol. The molecule has 0 radical (unpaired) electrons. The number of oxime groups is 1. The Bertz CT molecular complexity index is 1400. The molecule has 0 saturated carbocycles. The first-order valence-electron chi connectivity index (χ1n) is 11.2. The van der Waals surface area contributed by atoms with Crippen LogP contribution in [0.1, 0.15) is 11.3 Å². The van der Waals surface area contributed by atoms with Gasteiger partial charge >= 0.3 is 5.97 Å². The van der Waals surface area contributed by atoms with Crippen LogP contribution < -0.4 is 22.1 Å². The van der Waals surface area contributed by atoms with Crippen LogP contribution in [-0.4, -0.2) is 84.2 Å². The van der Waals surface area contributed by atoms with Crippen molar-refractivity contribution in [2.75, 3.05) is 17.2 Å². The summed E-state index contributed by atoms with van der Waals surface area (Å²) in [6, 6.07) is 0.683. The molecule has 2 aliphatic rings. The molecule has 14 nitrogen and oxygen atoms in total. The molecule has 0 spiro atoms. The Morgan fingerprint density at radius 1 is 1.43 bits per heavy atom. The number of β-lactam (4-membered cyclic amide) rings is 1. The lowest BCUT2D eigenvalue weighted by atomic mass is 10.0. The first kappa shape index (κ1) is 29.9. The SMILES string of the molecule is Nc1nc(/C(=N/O)C(=O)N[C@@H]2C(=O)N3C(C(=O)O)=C(Sc4ccncc4CSCC(N)NC=O)CS[C@@H]23)c(Cl)s1. The number of thioether (sulfide) groups is 3. The molecule has 3 atom stereocenters. The van der Waals surface area contributed by atoms with Crippen LogP contribution >= 0.6 is 58.2 Å². The van der Waals surface area contributed by atoms with Crippen LogP contribution in [0.15, 0.2) is 39.1 Å². The van der Waals surface area contributed by atoms with Gasteiger partial charge in [-0.15, -0.1) is 11.8 Å². The molecule has 40 heavy (non-hydrogen) atoms. The Morgan fingerprint density at radius 3 is 2.85 bits per heavy atom. The van der Waals surface area contributed by atoms with E-state index in [2.05, 4.69) is 25.8 Å². The summed E-state index contributed by atoms with van der Waals surface area (Å²) in [5, 5.41) is 26.7. The van der Waals surface area contributed by atoms with Crippen molar-refractivity contribution in [3.63, 3.8) is 0 Å². The second kappa shape index (κ2) is 13.1. The summed E-state index contributed by atoms with van der Waals surface area (Å²) in [5.41, 5.74) is 11.4. The molecule has 1 fully saturated rings. The number of hydrogen-bond acceptors (Lipinski definition) is 14. The van der Waals surface area contributed by atoms with Gasteiger partial charge in [0.25, 0.3) is 11.8 Å². The van der Waals surface area contributed by atoms with Crippen molar-refractivity contribution in [2.45, 2.75) is 28.2 Å². The van der Waals surface area contributed by atoms with Gasteiger partial charge in [-0.2, -0.15) is 11.8 Å². The molecule has 1 unspecified atom stereocenters. The van der Waals surface area contributed by atoms with Crippen molar-refractivity contribution in [2.24, 2.45) is 10.9 Å². The number of halogens is 1. The summed E-state index contributed by atoms with van der Waals surface area (Å²) in [7, 11) is 0. The quantitative estimate of drug-likeness (QED) is 0.0468. The van der Waals surface area contributed by atoms with Crippen molar-refractivity contribution < 1.29 is 29.5 Å². The van der Waals surface area contributed by atoms with Gasteiger partial charge in [-0.3, -0.25) is 24.3 Å². The molecular formula is C21H21ClN8O6S4. The highest BCUT2D eigenvalue weighted by Gasteiger charge is 2.54. The predicted octanol–water partition coefficient (Wildman–Crippen LogP) is 0.704. The number of carboxylic acid groups (broad SMARTS) is 1. The van der Waals surface area contributed by atoms with Gasteiger partial charge in [0, 0.05) is 39.5 Å². The Kier molecular flexibility index (Phi) is 9.80. The van der Waals surface area contributed by atoms with Crippen LogP contribution in [0.4, 0.5) is 5.13 Å². The number of thiazole rings is 1. The van der Waals surface area contributed by atoms with Crippen molar-refractivity contribution >= 4 is 93.3 Å². The molecule has 8 N–H and O–H groups in total. The van der Waals surface area contributed by atoms with Gasteiger partial charge in [0.05, 0.1) is 6.17 Å².